The van der Waals surface area contributed by atoms with Crippen LogP contribution in [0.2, 0.25) is 0 Å². The van der Waals surface area contributed by atoms with E-state index in [1.807, 2.05) is 13.8 Å². The number of amides is 6. The molecule has 0 saturated carbocycles. The number of nitro benzene ring substituents is 1. The average molecular weight is 598 g/mol. The van der Waals surface area contributed by atoms with E-state index in [2.05, 4.69) is 26.6 Å². The largest absolute Gasteiger partial charge is 0.398 e. The zero-order valence-corrected chi connectivity index (χ0v) is 24.1. The molecular weight excluding hydrogens is 562 g/mol. The van der Waals surface area contributed by atoms with Crippen LogP contribution in [0, 0.1) is 16.0 Å². The van der Waals surface area contributed by atoms with Gasteiger partial charge in [0, 0.05) is 23.4 Å². The van der Waals surface area contributed by atoms with Crippen LogP contribution in [0.25, 0.3) is 0 Å². The fraction of sp³-hybridized carbons (Fsp3) is 0.357. The maximum Gasteiger partial charge on any atom is 0.269 e. The molecular formula is C28H35N7O8. The van der Waals surface area contributed by atoms with Crippen LogP contribution in [-0.4, -0.2) is 65.0 Å². The quantitative estimate of drug-likeness (QED) is 0.106. The van der Waals surface area contributed by atoms with Crippen molar-refractivity contribution >= 4 is 46.8 Å². The monoisotopic (exact) mass is 597 g/mol. The van der Waals surface area contributed by atoms with Crippen LogP contribution in [0.15, 0.2) is 48.5 Å². The standard InChI is InChI=1S/C28H35N7O8/c1-15(2)13-22(28(41)32-17(4)25(38)34-26(39)18-9-11-19(12-10-18)35(42)43)33-23(36)14-30-24(37)16(3)31-27(40)20-7-5-6-8-21(20)29/h5-12,15-17,22H,13-14,29H2,1-4H3,(H,30,37)(H,31,40)(H,32,41)(H,33,36)(H,34,38,39)/t16-,17-,22-/m0/s1. The Balaban J connectivity index is 1.90. The van der Waals surface area contributed by atoms with Crippen molar-refractivity contribution in [1.29, 1.82) is 0 Å². The molecule has 0 radical (unpaired) electrons. The highest BCUT2D eigenvalue weighted by molar-refractivity contribution is 6.07. The van der Waals surface area contributed by atoms with E-state index in [9.17, 15) is 38.9 Å². The van der Waals surface area contributed by atoms with Crippen molar-refractivity contribution < 1.29 is 33.7 Å². The van der Waals surface area contributed by atoms with Gasteiger partial charge in [0.1, 0.15) is 18.1 Å². The molecule has 0 heterocycles. The lowest BCUT2D eigenvalue weighted by molar-refractivity contribution is -0.384. The Morgan fingerprint density at radius 2 is 1.40 bits per heavy atom. The van der Waals surface area contributed by atoms with Crippen molar-refractivity contribution in [1.82, 2.24) is 26.6 Å². The van der Waals surface area contributed by atoms with Crippen molar-refractivity contribution in [3.63, 3.8) is 0 Å². The Hall–Kier alpha value is -5.34. The van der Waals surface area contributed by atoms with Gasteiger partial charge < -0.3 is 27.0 Å². The van der Waals surface area contributed by atoms with Gasteiger partial charge in [0.25, 0.3) is 17.5 Å². The van der Waals surface area contributed by atoms with Crippen molar-refractivity contribution in [3.05, 3.63) is 69.8 Å². The fourth-order valence-electron chi connectivity index (χ4n) is 3.72. The number of carbonyl (C=O) groups is 6. The molecule has 0 bridgehead atoms. The number of imide groups is 1. The smallest absolute Gasteiger partial charge is 0.269 e. The number of benzene rings is 2. The van der Waals surface area contributed by atoms with Crippen molar-refractivity contribution in [2.75, 3.05) is 12.3 Å². The third-order valence-electron chi connectivity index (χ3n) is 6.06. The number of para-hydroxylation sites is 1. The molecule has 0 unspecified atom stereocenters. The highest BCUT2D eigenvalue weighted by Gasteiger charge is 2.27. The molecule has 2 aromatic rings. The number of carbonyl (C=O) groups excluding carboxylic acids is 6. The Morgan fingerprint density at radius 1 is 0.791 bits per heavy atom. The van der Waals surface area contributed by atoms with Crippen LogP contribution in [-0.2, 0) is 19.2 Å². The Bertz CT molecular complexity index is 1380. The molecule has 0 fully saturated rings. The van der Waals surface area contributed by atoms with Gasteiger partial charge in [-0.05, 0) is 50.5 Å². The minimum atomic E-state index is -1.18. The highest BCUT2D eigenvalue weighted by Crippen LogP contribution is 2.12. The predicted molar refractivity (Wildman–Crippen MR) is 155 cm³/mol. The summed E-state index contributed by atoms with van der Waals surface area (Å²) in [6, 6.07) is 7.69. The molecule has 0 saturated heterocycles. The van der Waals surface area contributed by atoms with Gasteiger partial charge in [0.15, 0.2) is 0 Å². The second-order valence-corrected chi connectivity index (χ2v) is 10.1. The summed E-state index contributed by atoms with van der Waals surface area (Å²) in [6.45, 7) is 5.91. The summed E-state index contributed by atoms with van der Waals surface area (Å²) < 4.78 is 0. The average Bonchev–Trinajstić information content (AvgIpc) is 2.95. The number of nitrogens with two attached hydrogens (primary N) is 1. The zero-order chi connectivity index (χ0) is 32.3. The fourth-order valence-corrected chi connectivity index (χ4v) is 3.72. The van der Waals surface area contributed by atoms with E-state index in [4.69, 9.17) is 5.73 Å². The molecule has 15 heteroatoms. The van der Waals surface area contributed by atoms with E-state index >= 15 is 0 Å². The first-order valence-corrected chi connectivity index (χ1v) is 13.3. The van der Waals surface area contributed by atoms with E-state index in [1.54, 1.807) is 18.2 Å². The lowest BCUT2D eigenvalue weighted by atomic mass is 10.0. The second-order valence-electron chi connectivity index (χ2n) is 10.1. The lowest BCUT2D eigenvalue weighted by Gasteiger charge is -2.22. The molecule has 2 rings (SSSR count). The van der Waals surface area contributed by atoms with Gasteiger partial charge in [0.05, 0.1) is 17.0 Å². The number of hydrogen-bond donors (Lipinski definition) is 6. The van der Waals surface area contributed by atoms with E-state index in [-0.39, 0.29) is 34.8 Å². The summed E-state index contributed by atoms with van der Waals surface area (Å²) in [5.41, 5.74) is 5.99. The van der Waals surface area contributed by atoms with E-state index in [0.717, 1.165) is 12.1 Å². The van der Waals surface area contributed by atoms with Crippen molar-refractivity contribution in [2.45, 2.75) is 52.2 Å². The Morgan fingerprint density at radius 3 is 1.98 bits per heavy atom. The number of rotatable bonds is 13. The van der Waals surface area contributed by atoms with E-state index in [1.165, 1.54) is 32.0 Å². The third kappa shape index (κ3) is 10.5. The van der Waals surface area contributed by atoms with E-state index in [0.29, 0.717) is 0 Å². The maximum absolute atomic E-state index is 12.9. The molecule has 0 aromatic heterocycles. The first-order valence-electron chi connectivity index (χ1n) is 13.3. The van der Waals surface area contributed by atoms with Gasteiger partial charge in [-0.2, -0.15) is 0 Å². The Labute approximate surface area is 247 Å². The van der Waals surface area contributed by atoms with Gasteiger partial charge in [-0.3, -0.25) is 44.2 Å². The van der Waals surface area contributed by atoms with Gasteiger partial charge in [-0.1, -0.05) is 26.0 Å². The van der Waals surface area contributed by atoms with Gasteiger partial charge in [-0.15, -0.1) is 0 Å². The summed E-state index contributed by atoms with van der Waals surface area (Å²) >= 11 is 0. The minimum absolute atomic E-state index is 0.00236. The molecule has 7 N–H and O–H groups in total. The van der Waals surface area contributed by atoms with Gasteiger partial charge >= 0.3 is 0 Å². The maximum atomic E-state index is 12.9. The zero-order valence-electron chi connectivity index (χ0n) is 24.1. The molecule has 230 valence electrons. The molecule has 43 heavy (non-hydrogen) atoms. The van der Waals surface area contributed by atoms with Crippen LogP contribution in [0.1, 0.15) is 54.8 Å². The topological polar surface area (TPSA) is 232 Å². The molecule has 2 aromatic carbocycles. The lowest BCUT2D eigenvalue weighted by Crippen LogP contribution is -2.55. The number of nitro groups is 1. The van der Waals surface area contributed by atoms with Crippen LogP contribution in [0.5, 0.6) is 0 Å². The molecule has 3 atom stereocenters. The molecule has 0 aliphatic heterocycles. The van der Waals surface area contributed by atoms with Crippen LogP contribution >= 0.6 is 0 Å². The Kier molecular flexibility index (Phi) is 12.3. The number of nitrogens with zero attached hydrogens (tertiary/aromatic N) is 1. The molecule has 0 aliphatic carbocycles. The summed E-state index contributed by atoms with van der Waals surface area (Å²) in [4.78, 5) is 85.3. The predicted octanol–water partition coefficient (Wildman–Crippen LogP) is 0.404. The molecule has 0 spiro atoms. The molecule has 0 aliphatic rings. The minimum Gasteiger partial charge on any atom is -0.398 e. The second kappa shape index (κ2) is 15.6. The van der Waals surface area contributed by atoms with Crippen LogP contribution < -0.4 is 32.3 Å². The number of nitrogens with one attached hydrogen (secondary N) is 5. The number of hydrogen-bond acceptors (Lipinski definition) is 9. The summed E-state index contributed by atoms with van der Waals surface area (Å²) in [7, 11) is 0. The van der Waals surface area contributed by atoms with Crippen molar-refractivity contribution in [2.24, 2.45) is 5.92 Å². The number of anilines is 1. The van der Waals surface area contributed by atoms with E-state index < -0.39 is 65.0 Å². The highest BCUT2D eigenvalue weighted by atomic mass is 16.6. The van der Waals surface area contributed by atoms with Gasteiger partial charge in [0.2, 0.25) is 23.6 Å². The van der Waals surface area contributed by atoms with Gasteiger partial charge in [-0.25, -0.2) is 0 Å². The SMILES string of the molecule is CC(C)C[C@H](NC(=O)CNC(=O)[C@H](C)NC(=O)c1ccccc1N)C(=O)N[C@@H](C)C(=O)NC(=O)c1ccc([N+](=O)[O-])cc1. The summed E-state index contributed by atoms with van der Waals surface area (Å²) in [6.07, 6.45) is 0.201. The summed E-state index contributed by atoms with van der Waals surface area (Å²) in [5.74, 6) is -4.30. The van der Waals surface area contributed by atoms with Crippen LogP contribution in [0.3, 0.4) is 0 Å². The third-order valence-corrected chi connectivity index (χ3v) is 6.06. The first kappa shape index (κ1) is 33.9. The normalized spacial score (nSPS) is 12.7. The van der Waals surface area contributed by atoms with Crippen molar-refractivity contribution in [3.8, 4) is 0 Å². The molecule has 6 amide bonds. The number of nitrogen functional groups attached to an aromatic ring is 1. The van der Waals surface area contributed by atoms with Crippen LogP contribution in [0.4, 0.5) is 11.4 Å². The number of non-ortho nitro benzene ring substituents is 1. The molecule has 15 nitrogen and oxygen atoms in total. The summed E-state index contributed by atoms with van der Waals surface area (Å²) in [5, 5.41) is 22.7. The first-order chi connectivity index (χ1) is 20.2.